The van der Waals surface area contributed by atoms with Gasteiger partial charge in [0, 0.05) is 24.8 Å². The van der Waals surface area contributed by atoms with Gasteiger partial charge >= 0.3 is 0 Å². The Bertz CT molecular complexity index is 760. The van der Waals surface area contributed by atoms with Gasteiger partial charge in [-0.25, -0.2) is 0 Å². The number of amides is 1. The summed E-state index contributed by atoms with van der Waals surface area (Å²) in [4.78, 5) is 15.5. The third-order valence-corrected chi connectivity index (χ3v) is 3.26. The van der Waals surface area contributed by atoms with Crippen molar-refractivity contribution in [2.75, 3.05) is 12.3 Å². The molecular formula is C14H16N6O. The third kappa shape index (κ3) is 2.86. The molecule has 0 bridgehead atoms. The highest BCUT2D eigenvalue weighted by atomic mass is 16.2. The maximum Gasteiger partial charge on any atom is 0.288 e. The number of aromatic nitrogens is 4. The summed E-state index contributed by atoms with van der Waals surface area (Å²) in [6.45, 7) is 1.40. The predicted octanol–water partition coefficient (Wildman–Crippen LogP) is 1.16. The summed E-state index contributed by atoms with van der Waals surface area (Å²) >= 11 is 0. The molecule has 108 valence electrons. The minimum absolute atomic E-state index is 0.0685. The van der Waals surface area contributed by atoms with Crippen LogP contribution in [0.15, 0.2) is 36.5 Å². The lowest BCUT2D eigenvalue weighted by Gasteiger charge is -2.06. The van der Waals surface area contributed by atoms with Crippen LogP contribution in [-0.2, 0) is 6.54 Å². The van der Waals surface area contributed by atoms with Gasteiger partial charge in [-0.05, 0) is 23.9 Å². The minimum Gasteiger partial charge on any atom is -0.366 e. The van der Waals surface area contributed by atoms with Crippen molar-refractivity contribution in [1.82, 2.24) is 25.1 Å². The molecule has 0 saturated heterocycles. The van der Waals surface area contributed by atoms with E-state index in [0.717, 1.165) is 13.0 Å². The first-order valence-corrected chi connectivity index (χ1v) is 6.74. The number of para-hydroxylation sites is 1. The lowest BCUT2D eigenvalue weighted by molar-refractivity contribution is 0.0943. The number of nitrogen functional groups attached to an aromatic ring is 1. The molecule has 3 aromatic rings. The zero-order valence-electron chi connectivity index (χ0n) is 11.4. The van der Waals surface area contributed by atoms with E-state index < -0.39 is 0 Å². The van der Waals surface area contributed by atoms with E-state index in [4.69, 9.17) is 5.73 Å². The first-order valence-electron chi connectivity index (χ1n) is 6.74. The van der Waals surface area contributed by atoms with Crippen LogP contribution in [0.4, 0.5) is 5.95 Å². The number of carbonyl (C=O) groups excluding carboxylic acids is 1. The van der Waals surface area contributed by atoms with E-state index in [1.54, 1.807) is 0 Å². The maximum atomic E-state index is 11.7. The number of hydrogen-bond acceptors (Lipinski definition) is 4. The Morgan fingerprint density at radius 2 is 2.19 bits per heavy atom. The van der Waals surface area contributed by atoms with Crippen molar-refractivity contribution in [3.05, 3.63) is 42.4 Å². The molecule has 1 amide bonds. The number of H-pyrrole nitrogens is 1. The van der Waals surface area contributed by atoms with Gasteiger partial charge in [-0.1, -0.05) is 18.2 Å². The molecule has 0 unspecified atom stereocenters. The molecule has 0 aliphatic heterocycles. The number of benzene rings is 1. The molecular weight excluding hydrogens is 268 g/mol. The van der Waals surface area contributed by atoms with E-state index in [1.165, 1.54) is 10.9 Å². The van der Waals surface area contributed by atoms with Gasteiger partial charge in [0.15, 0.2) is 0 Å². The van der Waals surface area contributed by atoms with Crippen molar-refractivity contribution in [2.24, 2.45) is 0 Å². The number of nitrogens with two attached hydrogens (primary N) is 1. The summed E-state index contributed by atoms with van der Waals surface area (Å²) < 4.78 is 2.17. The Kier molecular flexibility index (Phi) is 3.55. The molecule has 21 heavy (non-hydrogen) atoms. The van der Waals surface area contributed by atoms with Gasteiger partial charge in [0.05, 0.1) is 0 Å². The average Bonchev–Trinajstić information content (AvgIpc) is 3.10. The normalized spacial score (nSPS) is 10.9. The average molecular weight is 284 g/mol. The summed E-state index contributed by atoms with van der Waals surface area (Å²) in [6.07, 6.45) is 2.89. The molecule has 0 aliphatic rings. The molecule has 7 nitrogen and oxygen atoms in total. The van der Waals surface area contributed by atoms with Crippen molar-refractivity contribution in [3.63, 3.8) is 0 Å². The topological polar surface area (TPSA) is 102 Å². The molecule has 0 saturated carbocycles. The molecule has 3 rings (SSSR count). The summed E-state index contributed by atoms with van der Waals surface area (Å²) in [5.41, 5.74) is 6.55. The van der Waals surface area contributed by atoms with Gasteiger partial charge in [-0.3, -0.25) is 9.89 Å². The highest BCUT2D eigenvalue weighted by Crippen LogP contribution is 2.15. The summed E-state index contributed by atoms with van der Waals surface area (Å²) in [6, 6.07) is 10.3. The SMILES string of the molecule is Nc1n[nH]c(C(=O)NCCCn2ccc3ccccc32)n1. The van der Waals surface area contributed by atoms with Crippen LogP contribution in [0.2, 0.25) is 0 Å². The van der Waals surface area contributed by atoms with Crippen molar-refractivity contribution in [1.29, 1.82) is 0 Å². The standard InChI is InChI=1S/C14H16N6O/c15-14-17-12(18-19-14)13(21)16-7-3-8-20-9-6-10-4-1-2-5-11(10)20/h1-2,4-6,9H,3,7-8H2,(H,16,21)(H3,15,17,18,19). The molecule has 7 heteroatoms. The minimum atomic E-state index is -0.295. The number of rotatable bonds is 5. The molecule has 4 N–H and O–H groups in total. The smallest absolute Gasteiger partial charge is 0.288 e. The number of aromatic amines is 1. The zero-order chi connectivity index (χ0) is 14.7. The van der Waals surface area contributed by atoms with Crippen molar-refractivity contribution in [2.45, 2.75) is 13.0 Å². The number of nitrogens with one attached hydrogen (secondary N) is 2. The fraction of sp³-hybridized carbons (Fsp3) is 0.214. The van der Waals surface area contributed by atoms with Crippen LogP contribution in [0.25, 0.3) is 10.9 Å². The van der Waals surface area contributed by atoms with E-state index in [1.807, 2.05) is 12.1 Å². The van der Waals surface area contributed by atoms with Crippen LogP contribution in [0.3, 0.4) is 0 Å². The van der Waals surface area contributed by atoms with Crippen molar-refractivity contribution in [3.8, 4) is 0 Å². The fourth-order valence-electron chi connectivity index (χ4n) is 2.25. The van der Waals surface area contributed by atoms with Gasteiger partial charge in [0.1, 0.15) is 0 Å². The van der Waals surface area contributed by atoms with E-state index >= 15 is 0 Å². The largest absolute Gasteiger partial charge is 0.366 e. The number of carbonyl (C=O) groups is 1. The van der Waals surface area contributed by atoms with E-state index in [0.29, 0.717) is 6.54 Å². The first-order chi connectivity index (χ1) is 10.2. The highest BCUT2D eigenvalue weighted by Gasteiger charge is 2.09. The number of nitrogens with zero attached hydrogens (tertiary/aromatic N) is 3. The number of hydrogen-bond donors (Lipinski definition) is 3. The molecule has 2 heterocycles. The maximum absolute atomic E-state index is 11.7. The summed E-state index contributed by atoms with van der Waals surface area (Å²) in [7, 11) is 0. The molecule has 0 spiro atoms. The van der Waals surface area contributed by atoms with Crippen molar-refractivity contribution >= 4 is 22.8 Å². The van der Waals surface area contributed by atoms with Gasteiger partial charge in [0.25, 0.3) is 5.91 Å². The number of fused-ring (bicyclic) bond motifs is 1. The second-order valence-corrected chi connectivity index (χ2v) is 4.72. The number of aryl methyl sites for hydroxylation is 1. The molecule has 0 atom stereocenters. The fourth-order valence-corrected chi connectivity index (χ4v) is 2.25. The van der Waals surface area contributed by atoms with Crippen LogP contribution in [0.1, 0.15) is 17.0 Å². The second-order valence-electron chi connectivity index (χ2n) is 4.72. The quantitative estimate of drug-likeness (QED) is 0.612. The molecule has 0 aliphatic carbocycles. The Hall–Kier alpha value is -2.83. The molecule has 1 aromatic carbocycles. The van der Waals surface area contributed by atoms with Crippen LogP contribution in [0, 0.1) is 0 Å². The van der Waals surface area contributed by atoms with Crippen LogP contribution in [0.5, 0.6) is 0 Å². The first kappa shape index (κ1) is 13.2. The molecule has 0 fully saturated rings. The molecule has 0 radical (unpaired) electrons. The zero-order valence-corrected chi connectivity index (χ0v) is 11.4. The van der Waals surface area contributed by atoms with Gasteiger partial charge in [-0.2, -0.15) is 4.98 Å². The van der Waals surface area contributed by atoms with Crippen LogP contribution >= 0.6 is 0 Å². The summed E-state index contributed by atoms with van der Waals surface area (Å²) in [5, 5.41) is 10.1. The van der Waals surface area contributed by atoms with Gasteiger partial charge < -0.3 is 15.6 Å². The monoisotopic (exact) mass is 284 g/mol. The lowest BCUT2D eigenvalue weighted by Crippen LogP contribution is -2.26. The van der Waals surface area contributed by atoms with E-state index in [-0.39, 0.29) is 17.7 Å². The van der Waals surface area contributed by atoms with Gasteiger partial charge in [0.2, 0.25) is 11.8 Å². The van der Waals surface area contributed by atoms with Crippen molar-refractivity contribution < 1.29 is 4.79 Å². The van der Waals surface area contributed by atoms with E-state index in [9.17, 15) is 4.79 Å². The highest BCUT2D eigenvalue weighted by molar-refractivity contribution is 5.90. The summed E-state index contributed by atoms with van der Waals surface area (Å²) in [5.74, 6) is -0.0885. The molecule has 2 aromatic heterocycles. The Labute approximate surface area is 121 Å². The van der Waals surface area contributed by atoms with Gasteiger partial charge in [-0.15, -0.1) is 5.10 Å². The third-order valence-electron chi connectivity index (χ3n) is 3.26. The Morgan fingerprint density at radius 3 is 3.00 bits per heavy atom. The predicted molar refractivity (Wildman–Crippen MR) is 79.7 cm³/mol. The second kappa shape index (κ2) is 5.66. The van der Waals surface area contributed by atoms with E-state index in [2.05, 4.69) is 49.5 Å². The number of anilines is 1. The lowest BCUT2D eigenvalue weighted by atomic mass is 10.2. The Morgan fingerprint density at radius 1 is 1.33 bits per heavy atom. The van der Waals surface area contributed by atoms with Crippen LogP contribution in [-0.4, -0.2) is 32.2 Å². The Balaban J connectivity index is 1.51. The van der Waals surface area contributed by atoms with Crippen LogP contribution < -0.4 is 11.1 Å².